The van der Waals surface area contributed by atoms with Crippen LogP contribution < -0.4 is 15.5 Å². The van der Waals surface area contributed by atoms with Crippen LogP contribution in [-0.2, 0) is 13.0 Å². The standard InChI is InChI=1S/C28H31N3O2/c1-3-20(2)29-28(33)24-11-5-6-12-25(24)30-27(32)23-16-14-21(15-17-23)19-31-18-8-10-22-9-4-7-13-26(22)31/h4-7,9,11-17,20H,3,8,10,18-19H2,1-2H3,(H,29,33)(H,30,32)/t20-/m1/s1. The van der Waals surface area contributed by atoms with E-state index in [1.807, 2.05) is 44.2 Å². The van der Waals surface area contributed by atoms with Crippen molar-refractivity contribution in [3.05, 3.63) is 95.1 Å². The van der Waals surface area contributed by atoms with E-state index in [2.05, 4.69) is 39.8 Å². The van der Waals surface area contributed by atoms with Gasteiger partial charge in [-0.3, -0.25) is 9.59 Å². The number of nitrogens with one attached hydrogen (secondary N) is 2. The van der Waals surface area contributed by atoms with Crippen molar-refractivity contribution in [1.82, 2.24) is 5.32 Å². The van der Waals surface area contributed by atoms with Gasteiger partial charge < -0.3 is 15.5 Å². The molecule has 5 heteroatoms. The lowest BCUT2D eigenvalue weighted by Crippen LogP contribution is -2.32. The minimum absolute atomic E-state index is 0.0701. The van der Waals surface area contributed by atoms with Crippen LogP contribution >= 0.6 is 0 Å². The van der Waals surface area contributed by atoms with Crippen LogP contribution in [0.15, 0.2) is 72.8 Å². The molecular formula is C28H31N3O2. The zero-order chi connectivity index (χ0) is 23.2. The number of carbonyl (C=O) groups excluding carboxylic acids is 2. The van der Waals surface area contributed by atoms with Crippen molar-refractivity contribution in [3.8, 4) is 0 Å². The van der Waals surface area contributed by atoms with Crippen molar-refractivity contribution >= 4 is 23.2 Å². The van der Waals surface area contributed by atoms with Gasteiger partial charge in [-0.2, -0.15) is 0 Å². The zero-order valence-corrected chi connectivity index (χ0v) is 19.3. The van der Waals surface area contributed by atoms with Crippen LogP contribution in [0, 0.1) is 0 Å². The number of benzene rings is 3. The molecule has 0 aliphatic carbocycles. The van der Waals surface area contributed by atoms with Crippen LogP contribution in [0.2, 0.25) is 0 Å². The van der Waals surface area contributed by atoms with Gasteiger partial charge in [0.25, 0.3) is 11.8 Å². The summed E-state index contributed by atoms with van der Waals surface area (Å²) in [5, 5.41) is 5.86. The number of anilines is 2. The topological polar surface area (TPSA) is 61.4 Å². The smallest absolute Gasteiger partial charge is 0.255 e. The predicted octanol–water partition coefficient (Wildman–Crippen LogP) is 5.42. The first kappa shape index (κ1) is 22.6. The van der Waals surface area contributed by atoms with E-state index in [9.17, 15) is 9.59 Å². The van der Waals surface area contributed by atoms with E-state index in [-0.39, 0.29) is 17.9 Å². The van der Waals surface area contributed by atoms with Crippen molar-refractivity contribution in [2.75, 3.05) is 16.8 Å². The monoisotopic (exact) mass is 441 g/mol. The van der Waals surface area contributed by atoms with E-state index in [4.69, 9.17) is 0 Å². The first-order valence-electron chi connectivity index (χ1n) is 11.7. The second-order valence-corrected chi connectivity index (χ2v) is 8.63. The van der Waals surface area contributed by atoms with E-state index in [1.165, 1.54) is 11.3 Å². The first-order valence-corrected chi connectivity index (χ1v) is 11.7. The average molecular weight is 442 g/mol. The molecule has 5 nitrogen and oxygen atoms in total. The minimum atomic E-state index is -0.228. The Morgan fingerprint density at radius 2 is 1.67 bits per heavy atom. The molecule has 170 valence electrons. The van der Waals surface area contributed by atoms with E-state index in [1.54, 1.807) is 18.2 Å². The Kier molecular flexibility index (Phi) is 7.08. The summed E-state index contributed by atoms with van der Waals surface area (Å²) in [5.74, 6) is -0.411. The summed E-state index contributed by atoms with van der Waals surface area (Å²) < 4.78 is 0. The number of amides is 2. The maximum absolute atomic E-state index is 12.9. The molecule has 0 saturated carbocycles. The molecule has 2 amide bonds. The van der Waals surface area contributed by atoms with Gasteiger partial charge in [0.05, 0.1) is 11.3 Å². The highest BCUT2D eigenvalue weighted by Gasteiger charge is 2.18. The Bertz CT molecular complexity index is 1120. The highest BCUT2D eigenvalue weighted by Crippen LogP contribution is 2.28. The van der Waals surface area contributed by atoms with E-state index in [0.29, 0.717) is 16.8 Å². The second-order valence-electron chi connectivity index (χ2n) is 8.63. The largest absolute Gasteiger partial charge is 0.367 e. The van der Waals surface area contributed by atoms with Crippen LogP contribution in [0.3, 0.4) is 0 Å². The van der Waals surface area contributed by atoms with Gasteiger partial charge in [0.1, 0.15) is 0 Å². The van der Waals surface area contributed by atoms with Gasteiger partial charge in [-0.25, -0.2) is 0 Å². The van der Waals surface area contributed by atoms with E-state index < -0.39 is 0 Å². The molecule has 0 saturated heterocycles. The average Bonchev–Trinajstić information content (AvgIpc) is 2.85. The maximum Gasteiger partial charge on any atom is 0.255 e. The molecule has 2 N–H and O–H groups in total. The molecule has 1 heterocycles. The third-order valence-corrected chi connectivity index (χ3v) is 6.21. The van der Waals surface area contributed by atoms with E-state index >= 15 is 0 Å². The molecule has 1 aliphatic rings. The molecule has 0 fully saturated rings. The lowest BCUT2D eigenvalue weighted by atomic mass is 10.0. The van der Waals surface area contributed by atoms with Crippen LogP contribution in [0.4, 0.5) is 11.4 Å². The maximum atomic E-state index is 12.9. The Balaban J connectivity index is 1.43. The fourth-order valence-electron chi connectivity index (χ4n) is 4.15. The number of aryl methyl sites for hydroxylation is 1. The quantitative estimate of drug-likeness (QED) is 0.515. The van der Waals surface area contributed by atoms with Crippen molar-refractivity contribution in [3.63, 3.8) is 0 Å². The number of rotatable bonds is 7. The van der Waals surface area contributed by atoms with Gasteiger partial charge in [-0.05, 0) is 67.6 Å². The molecular weight excluding hydrogens is 410 g/mol. The Labute approximate surface area is 195 Å². The van der Waals surface area contributed by atoms with Crippen molar-refractivity contribution < 1.29 is 9.59 Å². The summed E-state index contributed by atoms with van der Waals surface area (Å²) in [6, 6.07) is 23.5. The first-order chi connectivity index (χ1) is 16.0. The molecule has 4 rings (SSSR count). The van der Waals surface area contributed by atoms with Gasteiger partial charge in [0.2, 0.25) is 0 Å². The van der Waals surface area contributed by atoms with Crippen LogP contribution in [0.25, 0.3) is 0 Å². The predicted molar refractivity (Wildman–Crippen MR) is 134 cm³/mol. The number of fused-ring (bicyclic) bond motifs is 1. The highest BCUT2D eigenvalue weighted by molar-refractivity contribution is 6.09. The molecule has 0 spiro atoms. The lowest BCUT2D eigenvalue weighted by Gasteiger charge is -2.31. The molecule has 3 aromatic carbocycles. The summed E-state index contributed by atoms with van der Waals surface area (Å²) >= 11 is 0. The zero-order valence-electron chi connectivity index (χ0n) is 19.3. The highest BCUT2D eigenvalue weighted by atomic mass is 16.2. The van der Waals surface area contributed by atoms with Crippen molar-refractivity contribution in [2.45, 2.75) is 45.7 Å². The molecule has 0 unspecified atom stereocenters. The Hall–Kier alpha value is -3.60. The Morgan fingerprint density at radius 1 is 0.939 bits per heavy atom. The van der Waals surface area contributed by atoms with Crippen molar-refractivity contribution in [2.24, 2.45) is 0 Å². The molecule has 3 aromatic rings. The van der Waals surface area contributed by atoms with Gasteiger partial charge in [-0.1, -0.05) is 49.4 Å². The Morgan fingerprint density at radius 3 is 2.45 bits per heavy atom. The van der Waals surface area contributed by atoms with E-state index in [0.717, 1.165) is 37.9 Å². The molecule has 0 radical (unpaired) electrons. The fourth-order valence-corrected chi connectivity index (χ4v) is 4.15. The normalized spacial score (nSPS) is 13.7. The molecule has 1 aliphatic heterocycles. The third-order valence-electron chi connectivity index (χ3n) is 6.21. The van der Waals surface area contributed by atoms with Gasteiger partial charge >= 0.3 is 0 Å². The number of nitrogens with zero attached hydrogens (tertiary/aromatic N) is 1. The van der Waals surface area contributed by atoms with Crippen molar-refractivity contribution in [1.29, 1.82) is 0 Å². The summed E-state index contributed by atoms with van der Waals surface area (Å²) in [4.78, 5) is 27.9. The summed E-state index contributed by atoms with van der Waals surface area (Å²) in [7, 11) is 0. The van der Waals surface area contributed by atoms with Gasteiger partial charge in [-0.15, -0.1) is 0 Å². The molecule has 0 aromatic heterocycles. The fraction of sp³-hybridized carbons (Fsp3) is 0.286. The van der Waals surface area contributed by atoms with Gasteiger partial charge in [0, 0.05) is 30.4 Å². The third kappa shape index (κ3) is 5.43. The number of hydrogen-bond acceptors (Lipinski definition) is 3. The van der Waals surface area contributed by atoms with Crippen LogP contribution in [0.1, 0.15) is 58.5 Å². The molecule has 0 bridgehead atoms. The van der Waals surface area contributed by atoms with Crippen LogP contribution in [0.5, 0.6) is 0 Å². The van der Waals surface area contributed by atoms with Gasteiger partial charge in [0.15, 0.2) is 0 Å². The molecule has 33 heavy (non-hydrogen) atoms. The number of para-hydroxylation sites is 2. The molecule has 1 atom stereocenters. The van der Waals surface area contributed by atoms with Crippen LogP contribution in [-0.4, -0.2) is 24.4 Å². The second kappa shape index (κ2) is 10.3. The minimum Gasteiger partial charge on any atom is -0.367 e. The summed E-state index contributed by atoms with van der Waals surface area (Å²) in [6.07, 6.45) is 3.12. The number of carbonyl (C=O) groups is 2. The number of hydrogen-bond donors (Lipinski definition) is 2. The summed E-state index contributed by atoms with van der Waals surface area (Å²) in [5.41, 5.74) is 5.41. The lowest BCUT2D eigenvalue weighted by molar-refractivity contribution is 0.0940. The SMILES string of the molecule is CC[C@@H](C)NC(=O)c1ccccc1NC(=O)c1ccc(CN2CCCc3ccccc32)cc1. The summed E-state index contributed by atoms with van der Waals surface area (Å²) in [6.45, 7) is 5.84.